The summed E-state index contributed by atoms with van der Waals surface area (Å²) >= 11 is 0. The molecule has 2 nitrogen and oxygen atoms in total. The normalized spacial score (nSPS) is 11.5. The van der Waals surface area contributed by atoms with Gasteiger partial charge in [0.2, 0.25) is 0 Å². The average Bonchev–Trinajstić information content (AvgIpc) is 3.27. The first kappa shape index (κ1) is 39.6. The number of hydrogen-bond acceptors (Lipinski definition) is 2. The highest BCUT2D eigenvalue weighted by molar-refractivity contribution is 6.22. The van der Waals surface area contributed by atoms with Gasteiger partial charge < -0.3 is 9.80 Å². The average molecular weight is 791 g/mol. The lowest BCUT2D eigenvalue weighted by atomic mass is 9.85. The quantitative estimate of drug-likeness (QED) is 0.127. The minimum Gasteiger partial charge on any atom is -0.310 e. The van der Waals surface area contributed by atoms with E-state index in [1.807, 2.05) is 0 Å². The van der Waals surface area contributed by atoms with E-state index < -0.39 is 0 Å². The Hall–Kier alpha value is -6.90. The molecular formula is C59H54N2. The maximum absolute atomic E-state index is 2.44. The Morgan fingerprint density at radius 3 is 1.08 bits per heavy atom. The lowest BCUT2D eigenvalue weighted by Gasteiger charge is -2.29. The number of benzene rings is 9. The van der Waals surface area contributed by atoms with Gasteiger partial charge in [0.1, 0.15) is 0 Å². The molecular weight excluding hydrogens is 737 g/mol. The fraction of sp³-hybridized carbons (Fsp3) is 0.153. The Labute approximate surface area is 362 Å². The zero-order valence-electron chi connectivity index (χ0n) is 36.4. The van der Waals surface area contributed by atoms with E-state index in [1.54, 1.807) is 0 Å². The van der Waals surface area contributed by atoms with Gasteiger partial charge in [-0.3, -0.25) is 0 Å². The van der Waals surface area contributed by atoms with Crippen LogP contribution < -0.4 is 9.80 Å². The molecule has 2 heteroatoms. The topological polar surface area (TPSA) is 6.48 Å². The van der Waals surface area contributed by atoms with Crippen LogP contribution in [0.4, 0.5) is 34.1 Å². The molecule has 0 N–H and O–H groups in total. The molecule has 9 rings (SSSR count). The molecule has 0 saturated carbocycles. The van der Waals surface area contributed by atoms with Crippen LogP contribution in [0.15, 0.2) is 188 Å². The van der Waals surface area contributed by atoms with Gasteiger partial charge in [0, 0.05) is 34.1 Å². The van der Waals surface area contributed by atoms with Gasteiger partial charge in [0.15, 0.2) is 0 Å². The number of anilines is 6. The largest absolute Gasteiger partial charge is 0.310 e. The van der Waals surface area contributed by atoms with E-state index in [2.05, 4.69) is 246 Å². The Morgan fingerprint density at radius 2 is 0.672 bits per heavy atom. The van der Waals surface area contributed by atoms with Gasteiger partial charge in [0.25, 0.3) is 0 Å². The van der Waals surface area contributed by atoms with Crippen LogP contribution in [0, 0.1) is 20.8 Å². The molecule has 0 aromatic heterocycles. The molecule has 0 atom stereocenters. The van der Waals surface area contributed by atoms with Gasteiger partial charge in [-0.15, -0.1) is 0 Å². The fourth-order valence-electron chi connectivity index (χ4n) is 8.99. The Bertz CT molecular complexity index is 2980. The first-order chi connectivity index (χ1) is 29.6. The molecule has 9 aromatic carbocycles. The summed E-state index contributed by atoms with van der Waals surface area (Å²) in [5.41, 5.74) is 18.1. The molecule has 0 fully saturated rings. The molecule has 0 amide bonds. The third kappa shape index (κ3) is 7.83. The standard InChI is InChI=1S/C59H54N2/c1-39(2)46-31-42(6)33-52(35-46)60(48-21-15-10-16-22-48)50-27-29-54-56(37-50)58(44-17-11-8-12-18-44)55-30-28-51(38-57(55)59(54)45-19-13-9-14-20-45)61(49-25-23-41(5)24-26-49)53-34-43(7)32-47(36-53)40(3)4/h8-40H,1-7H3. The van der Waals surface area contributed by atoms with Gasteiger partial charge in [-0.1, -0.05) is 149 Å². The van der Waals surface area contributed by atoms with Crippen molar-refractivity contribution >= 4 is 55.7 Å². The summed E-state index contributed by atoms with van der Waals surface area (Å²) in [5, 5.41) is 4.88. The van der Waals surface area contributed by atoms with Crippen LogP contribution >= 0.6 is 0 Å². The van der Waals surface area contributed by atoms with E-state index in [1.165, 1.54) is 77.3 Å². The molecule has 61 heavy (non-hydrogen) atoms. The molecule has 300 valence electrons. The van der Waals surface area contributed by atoms with E-state index >= 15 is 0 Å². The highest BCUT2D eigenvalue weighted by Gasteiger charge is 2.23. The molecule has 9 aromatic rings. The number of para-hydroxylation sites is 1. The van der Waals surface area contributed by atoms with E-state index in [4.69, 9.17) is 0 Å². The lowest BCUT2D eigenvalue weighted by molar-refractivity contribution is 0.864. The van der Waals surface area contributed by atoms with E-state index in [0.717, 1.165) is 28.4 Å². The number of nitrogens with zero attached hydrogens (tertiary/aromatic N) is 2. The minimum absolute atomic E-state index is 0.408. The number of hydrogen-bond donors (Lipinski definition) is 0. The van der Waals surface area contributed by atoms with Gasteiger partial charge in [-0.25, -0.2) is 0 Å². The summed E-state index contributed by atoms with van der Waals surface area (Å²) in [6.07, 6.45) is 0. The van der Waals surface area contributed by atoms with Gasteiger partial charge in [-0.2, -0.15) is 0 Å². The number of aryl methyl sites for hydroxylation is 3. The SMILES string of the molecule is Cc1ccc(N(c2cc(C)cc(C(C)C)c2)c2ccc3c(-c4ccccc4)c4cc(N(c5ccccc5)c5cc(C)cc(C(C)C)c5)ccc4c(-c4ccccc4)c3c2)cc1. The zero-order chi connectivity index (χ0) is 42.2. The van der Waals surface area contributed by atoms with Gasteiger partial charge >= 0.3 is 0 Å². The predicted molar refractivity (Wildman–Crippen MR) is 264 cm³/mol. The van der Waals surface area contributed by atoms with Crippen molar-refractivity contribution in [3.05, 3.63) is 216 Å². The first-order valence-corrected chi connectivity index (χ1v) is 21.7. The summed E-state index contributed by atoms with van der Waals surface area (Å²) in [6, 6.07) is 70.0. The molecule has 0 radical (unpaired) electrons. The van der Waals surface area contributed by atoms with Crippen LogP contribution in [-0.2, 0) is 0 Å². The minimum atomic E-state index is 0.408. The van der Waals surface area contributed by atoms with Crippen molar-refractivity contribution in [2.24, 2.45) is 0 Å². The van der Waals surface area contributed by atoms with Crippen LogP contribution in [-0.4, -0.2) is 0 Å². The van der Waals surface area contributed by atoms with Gasteiger partial charge in [-0.05, 0) is 171 Å². The molecule has 0 aliphatic heterocycles. The van der Waals surface area contributed by atoms with Crippen LogP contribution in [0.2, 0.25) is 0 Å². The van der Waals surface area contributed by atoms with Crippen molar-refractivity contribution in [1.29, 1.82) is 0 Å². The summed E-state index contributed by atoms with van der Waals surface area (Å²) in [5.74, 6) is 0.817. The van der Waals surface area contributed by atoms with Crippen LogP contribution in [0.5, 0.6) is 0 Å². The Balaban J connectivity index is 1.37. The molecule has 0 heterocycles. The zero-order valence-corrected chi connectivity index (χ0v) is 36.4. The first-order valence-electron chi connectivity index (χ1n) is 21.7. The van der Waals surface area contributed by atoms with E-state index in [9.17, 15) is 0 Å². The van der Waals surface area contributed by atoms with Crippen LogP contribution in [0.3, 0.4) is 0 Å². The van der Waals surface area contributed by atoms with Gasteiger partial charge in [0.05, 0.1) is 0 Å². The van der Waals surface area contributed by atoms with Crippen LogP contribution in [0.25, 0.3) is 43.8 Å². The molecule has 0 bridgehead atoms. The summed E-state index contributed by atoms with van der Waals surface area (Å²) in [7, 11) is 0. The molecule has 0 spiro atoms. The second kappa shape index (κ2) is 16.6. The second-order valence-corrected chi connectivity index (χ2v) is 17.3. The Kier molecular flexibility index (Phi) is 10.8. The van der Waals surface area contributed by atoms with Crippen molar-refractivity contribution in [2.75, 3.05) is 9.80 Å². The van der Waals surface area contributed by atoms with E-state index in [-0.39, 0.29) is 0 Å². The molecule has 0 aliphatic rings. The predicted octanol–water partition coefficient (Wildman–Crippen LogP) is 17.4. The van der Waals surface area contributed by atoms with Crippen molar-refractivity contribution < 1.29 is 0 Å². The fourth-order valence-corrected chi connectivity index (χ4v) is 8.99. The summed E-state index contributed by atoms with van der Waals surface area (Å²) < 4.78 is 0. The second-order valence-electron chi connectivity index (χ2n) is 17.3. The number of rotatable bonds is 10. The lowest BCUT2D eigenvalue weighted by Crippen LogP contribution is -2.11. The maximum Gasteiger partial charge on any atom is 0.0468 e. The van der Waals surface area contributed by atoms with Crippen molar-refractivity contribution in [1.82, 2.24) is 0 Å². The highest BCUT2D eigenvalue weighted by atomic mass is 15.1. The Morgan fingerprint density at radius 1 is 0.295 bits per heavy atom. The summed E-state index contributed by atoms with van der Waals surface area (Å²) in [4.78, 5) is 4.86. The number of fused-ring (bicyclic) bond motifs is 2. The van der Waals surface area contributed by atoms with Crippen LogP contribution in [0.1, 0.15) is 67.3 Å². The third-order valence-corrected chi connectivity index (χ3v) is 12.1. The molecule has 0 unspecified atom stereocenters. The van der Waals surface area contributed by atoms with E-state index in [0.29, 0.717) is 11.8 Å². The van der Waals surface area contributed by atoms with Crippen molar-refractivity contribution in [3.63, 3.8) is 0 Å². The molecule has 0 aliphatic carbocycles. The third-order valence-electron chi connectivity index (χ3n) is 12.1. The summed E-state index contributed by atoms with van der Waals surface area (Å²) in [6.45, 7) is 15.7. The molecule has 0 saturated heterocycles. The van der Waals surface area contributed by atoms with Crippen molar-refractivity contribution in [2.45, 2.75) is 60.3 Å². The smallest absolute Gasteiger partial charge is 0.0468 e. The van der Waals surface area contributed by atoms with Crippen molar-refractivity contribution in [3.8, 4) is 22.3 Å². The highest BCUT2D eigenvalue weighted by Crippen LogP contribution is 2.48. The maximum atomic E-state index is 2.44. The monoisotopic (exact) mass is 790 g/mol.